The summed E-state index contributed by atoms with van der Waals surface area (Å²) in [5.74, 6) is 1.34. The maximum atomic E-state index is 10.6. The molecule has 0 aliphatic carbocycles. The van der Waals surface area contributed by atoms with Gasteiger partial charge in [0.2, 0.25) is 6.79 Å². The van der Waals surface area contributed by atoms with Crippen molar-refractivity contribution in [3.8, 4) is 17.6 Å². The van der Waals surface area contributed by atoms with Gasteiger partial charge in [0.15, 0.2) is 11.5 Å². The van der Waals surface area contributed by atoms with Gasteiger partial charge >= 0.3 is 0 Å². The molecule has 1 aliphatic heterocycles. The molecule has 0 radical (unpaired) electrons. The quantitative estimate of drug-likeness (QED) is 0.585. The Hall–Kier alpha value is -2.29. The Morgan fingerprint density at radius 1 is 1.53 bits per heavy atom. The van der Waals surface area contributed by atoms with E-state index >= 15 is 0 Å². The topological polar surface area (TPSA) is 74.9 Å². The molecule has 0 spiro atoms. The van der Waals surface area contributed by atoms with Crippen LogP contribution in [-0.2, 0) is 6.54 Å². The molecule has 0 amide bonds. The summed E-state index contributed by atoms with van der Waals surface area (Å²) in [5, 5.41) is 12.7. The molecule has 1 aromatic rings. The van der Waals surface area contributed by atoms with Crippen LogP contribution in [0.15, 0.2) is 23.5 Å². The monoisotopic (exact) mass is 233 g/mol. The first-order chi connectivity index (χ1) is 8.24. The number of rotatable bonds is 4. The van der Waals surface area contributed by atoms with Crippen LogP contribution in [0.4, 0.5) is 0 Å². The van der Waals surface area contributed by atoms with E-state index in [1.807, 2.05) is 12.1 Å². The molecule has 2 rings (SSSR count). The highest BCUT2D eigenvalue weighted by atomic mass is 16.7. The summed E-state index contributed by atoms with van der Waals surface area (Å²) in [5.41, 5.74) is 0.843. The highest BCUT2D eigenvalue weighted by Crippen LogP contribution is 2.32. The molecular weight excluding hydrogens is 222 g/mol. The molecule has 0 unspecified atom stereocenters. The van der Waals surface area contributed by atoms with Gasteiger partial charge in [0.05, 0.1) is 17.9 Å². The molecule has 1 atom stereocenters. The normalized spacial score (nSPS) is 13.9. The highest BCUT2D eigenvalue weighted by molar-refractivity contribution is 5.44. The minimum Gasteiger partial charge on any atom is -0.454 e. The van der Waals surface area contributed by atoms with Crippen LogP contribution < -0.4 is 9.47 Å². The first-order valence-corrected chi connectivity index (χ1v) is 5.12. The largest absolute Gasteiger partial charge is 0.454 e. The van der Waals surface area contributed by atoms with Crippen LogP contribution in [0.3, 0.4) is 0 Å². The van der Waals surface area contributed by atoms with Crippen LogP contribution >= 0.6 is 0 Å². The molecule has 17 heavy (non-hydrogen) atoms. The third-order valence-corrected chi connectivity index (χ3v) is 2.52. The van der Waals surface area contributed by atoms with Crippen molar-refractivity contribution >= 4 is 0 Å². The Morgan fingerprint density at radius 2 is 2.29 bits per heavy atom. The fourth-order valence-corrected chi connectivity index (χ4v) is 1.53. The van der Waals surface area contributed by atoms with Crippen molar-refractivity contribution in [2.24, 2.45) is 5.29 Å². The second-order valence-electron chi connectivity index (χ2n) is 3.67. The van der Waals surface area contributed by atoms with Gasteiger partial charge in [0, 0.05) is 0 Å². The van der Waals surface area contributed by atoms with Crippen molar-refractivity contribution in [3.05, 3.63) is 28.7 Å². The zero-order chi connectivity index (χ0) is 12.3. The zero-order valence-electron chi connectivity index (χ0n) is 9.29. The lowest BCUT2D eigenvalue weighted by molar-refractivity contribution is 0.174. The van der Waals surface area contributed by atoms with E-state index in [4.69, 9.17) is 14.7 Å². The maximum Gasteiger partial charge on any atom is 0.231 e. The molecule has 0 aromatic heterocycles. The van der Waals surface area contributed by atoms with Crippen molar-refractivity contribution in [3.63, 3.8) is 0 Å². The lowest BCUT2D eigenvalue weighted by Crippen LogP contribution is -2.25. The molecule has 6 nitrogen and oxygen atoms in total. The second-order valence-corrected chi connectivity index (χ2v) is 3.67. The van der Waals surface area contributed by atoms with Crippen molar-refractivity contribution in [1.29, 1.82) is 5.26 Å². The van der Waals surface area contributed by atoms with Gasteiger partial charge < -0.3 is 9.47 Å². The molecule has 1 aliphatic rings. The summed E-state index contributed by atoms with van der Waals surface area (Å²) >= 11 is 0. The van der Waals surface area contributed by atoms with E-state index in [0.29, 0.717) is 11.5 Å². The summed E-state index contributed by atoms with van der Waals surface area (Å²) in [6.07, 6.45) is 0. The van der Waals surface area contributed by atoms with E-state index in [1.165, 1.54) is 5.01 Å². The lowest BCUT2D eigenvalue weighted by Gasteiger charge is -2.17. The van der Waals surface area contributed by atoms with E-state index in [0.717, 1.165) is 5.56 Å². The number of ether oxygens (including phenoxy) is 2. The van der Waals surface area contributed by atoms with Gasteiger partial charge in [-0.1, -0.05) is 6.07 Å². The van der Waals surface area contributed by atoms with E-state index in [-0.39, 0.29) is 13.3 Å². The Balaban J connectivity index is 2.13. The van der Waals surface area contributed by atoms with Crippen molar-refractivity contribution < 1.29 is 9.47 Å². The average Bonchev–Trinajstić information content (AvgIpc) is 2.82. The molecule has 0 saturated carbocycles. The number of hydrogen-bond donors (Lipinski definition) is 0. The number of nitrogens with zero attached hydrogens (tertiary/aromatic N) is 3. The van der Waals surface area contributed by atoms with Gasteiger partial charge in [0.25, 0.3) is 0 Å². The number of fused-ring (bicyclic) bond motifs is 1. The highest BCUT2D eigenvalue weighted by Gasteiger charge is 2.16. The third kappa shape index (κ3) is 2.28. The van der Waals surface area contributed by atoms with Gasteiger partial charge in [-0.05, 0) is 24.6 Å². The molecule has 0 N–H and O–H groups in total. The molecule has 0 bridgehead atoms. The fourth-order valence-electron chi connectivity index (χ4n) is 1.53. The predicted octanol–water partition coefficient (Wildman–Crippen LogP) is 1.81. The van der Waals surface area contributed by atoms with Crippen LogP contribution in [0.25, 0.3) is 0 Å². The van der Waals surface area contributed by atoms with Gasteiger partial charge in [-0.15, -0.1) is 4.91 Å². The first-order valence-electron chi connectivity index (χ1n) is 5.12. The van der Waals surface area contributed by atoms with Gasteiger partial charge in [-0.3, -0.25) is 0 Å². The third-order valence-electron chi connectivity index (χ3n) is 2.52. The summed E-state index contributed by atoms with van der Waals surface area (Å²) < 4.78 is 10.4. The van der Waals surface area contributed by atoms with Gasteiger partial charge in [-0.25, -0.2) is 5.01 Å². The fraction of sp³-hybridized carbons (Fsp3) is 0.364. The Morgan fingerprint density at radius 3 is 3.00 bits per heavy atom. The maximum absolute atomic E-state index is 10.6. The van der Waals surface area contributed by atoms with Gasteiger partial charge in [-0.2, -0.15) is 5.26 Å². The minimum absolute atomic E-state index is 0.211. The van der Waals surface area contributed by atoms with E-state index < -0.39 is 6.04 Å². The molecule has 1 heterocycles. The van der Waals surface area contributed by atoms with Crippen molar-refractivity contribution in [2.45, 2.75) is 19.5 Å². The smallest absolute Gasteiger partial charge is 0.231 e. The molecule has 0 fully saturated rings. The minimum atomic E-state index is -0.557. The van der Waals surface area contributed by atoms with Crippen LogP contribution in [-0.4, -0.2) is 17.8 Å². The van der Waals surface area contributed by atoms with E-state index in [9.17, 15) is 4.91 Å². The Kier molecular flexibility index (Phi) is 3.10. The first kappa shape index (κ1) is 11.2. The lowest BCUT2D eigenvalue weighted by atomic mass is 10.2. The molecule has 1 aromatic carbocycles. The number of nitriles is 1. The SMILES string of the molecule is C[C@@H](C#N)N(Cc1ccc2c(c1)OCO2)N=O. The summed E-state index contributed by atoms with van der Waals surface area (Å²) in [7, 11) is 0. The number of nitroso groups, excluding NO2 is 1. The summed E-state index contributed by atoms with van der Waals surface area (Å²) in [4.78, 5) is 10.6. The molecule has 6 heteroatoms. The van der Waals surface area contributed by atoms with Crippen LogP contribution in [0, 0.1) is 16.2 Å². The predicted molar refractivity (Wildman–Crippen MR) is 59.0 cm³/mol. The van der Waals surface area contributed by atoms with Crippen LogP contribution in [0.5, 0.6) is 11.5 Å². The average molecular weight is 233 g/mol. The van der Waals surface area contributed by atoms with Crippen LogP contribution in [0.1, 0.15) is 12.5 Å². The van der Waals surface area contributed by atoms with Crippen molar-refractivity contribution in [2.75, 3.05) is 6.79 Å². The zero-order valence-corrected chi connectivity index (χ0v) is 9.29. The van der Waals surface area contributed by atoms with E-state index in [2.05, 4.69) is 5.29 Å². The number of hydrogen-bond acceptors (Lipinski definition) is 5. The second kappa shape index (κ2) is 4.70. The molecule has 0 saturated heterocycles. The van der Waals surface area contributed by atoms with Crippen molar-refractivity contribution in [1.82, 2.24) is 5.01 Å². The molecule has 88 valence electrons. The Labute approximate surface area is 98.3 Å². The Bertz CT molecular complexity index is 470. The standard InChI is InChI=1S/C11H11N3O3/c1-8(5-12)14(13-15)6-9-2-3-10-11(4-9)17-7-16-10/h2-4,8H,6-7H2,1H3/t8-/m0/s1. The number of benzene rings is 1. The van der Waals surface area contributed by atoms with Gasteiger partial charge in [0.1, 0.15) is 6.04 Å². The summed E-state index contributed by atoms with van der Waals surface area (Å²) in [6, 6.07) is 6.78. The molecular formula is C11H11N3O3. The van der Waals surface area contributed by atoms with Crippen LogP contribution in [0.2, 0.25) is 0 Å². The summed E-state index contributed by atoms with van der Waals surface area (Å²) in [6.45, 7) is 2.10. The van der Waals surface area contributed by atoms with E-state index in [1.54, 1.807) is 19.1 Å².